The Morgan fingerprint density at radius 2 is 1.86 bits per heavy atom. The molecular weight excluding hydrogens is 343 g/mol. The molecule has 2 aromatic rings. The predicted molar refractivity (Wildman–Crippen MR) is 89.8 cm³/mol. The third kappa shape index (κ3) is 5.02. The van der Waals surface area contributed by atoms with Crippen LogP contribution in [-0.2, 0) is 11.2 Å². The van der Waals surface area contributed by atoms with E-state index in [-0.39, 0.29) is 11.8 Å². The molecule has 4 nitrogen and oxygen atoms in total. The van der Waals surface area contributed by atoms with Crippen LogP contribution in [0.1, 0.15) is 15.2 Å². The smallest absolute Gasteiger partial charge is 0.252 e. The summed E-state index contributed by atoms with van der Waals surface area (Å²) in [6, 6.07) is 8.50. The molecule has 2 rings (SSSR count). The molecular formula is C15H14Cl2N2O2S. The highest BCUT2D eigenvalue weighted by Gasteiger charge is 2.10. The molecule has 1 aromatic heterocycles. The highest BCUT2D eigenvalue weighted by atomic mass is 35.5. The molecule has 0 saturated heterocycles. The zero-order valence-corrected chi connectivity index (χ0v) is 13.9. The van der Waals surface area contributed by atoms with Crippen molar-refractivity contribution >= 4 is 46.4 Å². The molecule has 1 heterocycles. The second-order valence-electron chi connectivity index (χ2n) is 4.49. The lowest BCUT2D eigenvalue weighted by molar-refractivity contribution is -0.120. The second kappa shape index (κ2) is 8.17. The average molecular weight is 357 g/mol. The maximum Gasteiger partial charge on any atom is 0.252 e. The Bertz CT molecular complexity index is 660. The van der Waals surface area contributed by atoms with Gasteiger partial charge in [-0.3, -0.25) is 9.59 Å². The first kappa shape index (κ1) is 16.8. The molecule has 2 N–H and O–H groups in total. The van der Waals surface area contributed by atoms with E-state index in [1.165, 1.54) is 17.4 Å². The topological polar surface area (TPSA) is 58.2 Å². The van der Waals surface area contributed by atoms with Crippen LogP contribution in [-0.4, -0.2) is 24.9 Å². The van der Waals surface area contributed by atoms with E-state index in [1.54, 1.807) is 12.1 Å². The van der Waals surface area contributed by atoms with Crippen molar-refractivity contribution in [2.45, 2.75) is 6.42 Å². The van der Waals surface area contributed by atoms with Gasteiger partial charge >= 0.3 is 0 Å². The van der Waals surface area contributed by atoms with E-state index in [4.69, 9.17) is 23.2 Å². The van der Waals surface area contributed by atoms with Crippen LogP contribution in [0.4, 0.5) is 0 Å². The lowest BCUT2D eigenvalue weighted by atomic mass is 10.2. The molecule has 0 atom stereocenters. The van der Waals surface area contributed by atoms with Gasteiger partial charge in [0.1, 0.15) is 0 Å². The Balaban J connectivity index is 1.72. The van der Waals surface area contributed by atoms with Gasteiger partial charge in [0.2, 0.25) is 5.91 Å². The zero-order valence-electron chi connectivity index (χ0n) is 11.6. The predicted octanol–water partition coefficient (Wildman–Crippen LogP) is 3.14. The van der Waals surface area contributed by atoms with Crippen LogP contribution in [0.2, 0.25) is 10.0 Å². The van der Waals surface area contributed by atoms with Gasteiger partial charge in [-0.2, -0.15) is 0 Å². The van der Waals surface area contributed by atoms with Crippen LogP contribution in [0, 0.1) is 0 Å². The largest absolute Gasteiger partial charge is 0.354 e. The van der Waals surface area contributed by atoms with Crippen LogP contribution in [0.3, 0.4) is 0 Å². The quantitative estimate of drug-likeness (QED) is 0.781. The molecule has 116 valence electrons. The van der Waals surface area contributed by atoms with E-state index in [0.717, 1.165) is 4.88 Å². The molecule has 0 aliphatic carbocycles. The van der Waals surface area contributed by atoms with Crippen molar-refractivity contribution < 1.29 is 9.59 Å². The Labute approximate surface area is 142 Å². The van der Waals surface area contributed by atoms with Gasteiger partial charge < -0.3 is 10.6 Å². The van der Waals surface area contributed by atoms with Crippen LogP contribution in [0.5, 0.6) is 0 Å². The van der Waals surface area contributed by atoms with E-state index in [2.05, 4.69) is 10.6 Å². The lowest BCUT2D eigenvalue weighted by Crippen LogP contribution is -2.35. The number of carbonyl (C=O) groups is 2. The van der Waals surface area contributed by atoms with Crippen molar-refractivity contribution in [3.63, 3.8) is 0 Å². The molecule has 0 radical (unpaired) electrons. The molecule has 0 aliphatic rings. The lowest BCUT2D eigenvalue weighted by Gasteiger charge is -2.08. The number of amides is 2. The number of carbonyl (C=O) groups excluding carboxylic acids is 2. The summed E-state index contributed by atoms with van der Waals surface area (Å²) in [7, 11) is 0. The summed E-state index contributed by atoms with van der Waals surface area (Å²) >= 11 is 13.3. The first-order chi connectivity index (χ1) is 10.6. The Kier molecular flexibility index (Phi) is 6.24. The summed E-state index contributed by atoms with van der Waals surface area (Å²) in [6.07, 6.45) is 0.356. The van der Waals surface area contributed by atoms with Crippen LogP contribution in [0.25, 0.3) is 0 Å². The summed E-state index contributed by atoms with van der Waals surface area (Å²) in [5.74, 6) is -0.365. The van der Waals surface area contributed by atoms with Crippen molar-refractivity contribution in [2.24, 2.45) is 0 Å². The van der Waals surface area contributed by atoms with Crippen molar-refractivity contribution in [2.75, 3.05) is 13.1 Å². The summed E-state index contributed by atoms with van der Waals surface area (Å²) in [6.45, 7) is 0.690. The highest BCUT2D eigenvalue weighted by Crippen LogP contribution is 2.20. The second-order valence-corrected chi connectivity index (χ2v) is 6.36. The first-order valence-corrected chi connectivity index (χ1v) is 8.22. The van der Waals surface area contributed by atoms with Gasteiger partial charge in [-0.05, 0) is 29.6 Å². The molecule has 1 aromatic carbocycles. The minimum Gasteiger partial charge on any atom is -0.354 e. The molecule has 0 fully saturated rings. The standard InChI is InChI=1S/C15H14Cl2N2O2S/c16-10-3-4-12(13(17)8-10)15(21)19-6-5-18-14(20)9-11-2-1-7-22-11/h1-4,7-8H,5-6,9H2,(H,18,20)(H,19,21). The fraction of sp³-hybridized carbons (Fsp3) is 0.200. The highest BCUT2D eigenvalue weighted by molar-refractivity contribution is 7.10. The number of hydrogen-bond donors (Lipinski definition) is 2. The SMILES string of the molecule is O=C(Cc1cccs1)NCCNC(=O)c1ccc(Cl)cc1Cl. The van der Waals surface area contributed by atoms with Gasteiger partial charge in [-0.15, -0.1) is 11.3 Å². The van der Waals surface area contributed by atoms with E-state index >= 15 is 0 Å². The molecule has 2 amide bonds. The van der Waals surface area contributed by atoms with Crippen LogP contribution >= 0.6 is 34.5 Å². The first-order valence-electron chi connectivity index (χ1n) is 6.58. The molecule has 0 aliphatic heterocycles. The van der Waals surface area contributed by atoms with Crippen LogP contribution in [0.15, 0.2) is 35.7 Å². The number of hydrogen-bond acceptors (Lipinski definition) is 3. The van der Waals surface area contributed by atoms with Gasteiger partial charge in [-0.25, -0.2) is 0 Å². The van der Waals surface area contributed by atoms with E-state index in [1.807, 2.05) is 17.5 Å². The monoisotopic (exact) mass is 356 g/mol. The summed E-state index contributed by atoms with van der Waals surface area (Å²) in [4.78, 5) is 24.6. The fourth-order valence-corrected chi connectivity index (χ4v) is 2.98. The Hall–Kier alpha value is -1.56. The Morgan fingerprint density at radius 1 is 1.09 bits per heavy atom. The van der Waals surface area contributed by atoms with Crippen LogP contribution < -0.4 is 10.6 Å². The van der Waals surface area contributed by atoms with E-state index in [0.29, 0.717) is 35.1 Å². The number of rotatable bonds is 6. The maximum absolute atomic E-state index is 11.9. The zero-order chi connectivity index (χ0) is 15.9. The van der Waals surface area contributed by atoms with E-state index in [9.17, 15) is 9.59 Å². The number of nitrogens with one attached hydrogen (secondary N) is 2. The third-order valence-corrected chi connectivity index (χ3v) is 4.25. The summed E-state index contributed by atoms with van der Waals surface area (Å²) in [5, 5.41) is 8.15. The molecule has 0 spiro atoms. The Morgan fingerprint density at radius 3 is 2.55 bits per heavy atom. The third-order valence-electron chi connectivity index (χ3n) is 2.82. The molecule has 0 unspecified atom stereocenters. The number of halogens is 2. The van der Waals surface area contributed by atoms with Gasteiger partial charge in [0.05, 0.1) is 17.0 Å². The maximum atomic E-state index is 11.9. The minimum atomic E-state index is -0.297. The molecule has 0 bridgehead atoms. The van der Waals surface area contributed by atoms with Gasteiger partial charge in [0.25, 0.3) is 5.91 Å². The van der Waals surface area contributed by atoms with Crippen molar-refractivity contribution in [1.29, 1.82) is 0 Å². The van der Waals surface area contributed by atoms with Gasteiger partial charge in [-0.1, -0.05) is 29.3 Å². The van der Waals surface area contributed by atoms with Gasteiger partial charge in [0, 0.05) is 23.0 Å². The fourth-order valence-electron chi connectivity index (χ4n) is 1.78. The van der Waals surface area contributed by atoms with Crippen molar-refractivity contribution in [3.05, 3.63) is 56.2 Å². The number of thiophene rings is 1. The molecule has 0 saturated carbocycles. The average Bonchev–Trinajstić information content (AvgIpc) is 2.96. The molecule has 7 heteroatoms. The summed E-state index contributed by atoms with van der Waals surface area (Å²) < 4.78 is 0. The van der Waals surface area contributed by atoms with Crippen molar-refractivity contribution in [1.82, 2.24) is 10.6 Å². The summed E-state index contributed by atoms with van der Waals surface area (Å²) in [5.41, 5.74) is 0.357. The normalized spacial score (nSPS) is 10.3. The number of benzene rings is 1. The van der Waals surface area contributed by atoms with Gasteiger partial charge in [0.15, 0.2) is 0 Å². The minimum absolute atomic E-state index is 0.0683. The van der Waals surface area contributed by atoms with E-state index < -0.39 is 0 Å². The van der Waals surface area contributed by atoms with Crippen molar-refractivity contribution in [3.8, 4) is 0 Å². The molecule has 22 heavy (non-hydrogen) atoms.